The van der Waals surface area contributed by atoms with Crippen LogP contribution in [-0.2, 0) is 24.2 Å². The number of ether oxygens (including phenoxy) is 2. The van der Waals surface area contributed by atoms with Crippen LogP contribution in [0.1, 0.15) is 62.3 Å². The van der Waals surface area contributed by atoms with Crippen molar-refractivity contribution in [3.63, 3.8) is 0 Å². The molecule has 0 spiro atoms. The summed E-state index contributed by atoms with van der Waals surface area (Å²) >= 11 is 6.20. The predicted octanol–water partition coefficient (Wildman–Crippen LogP) is 5.62. The lowest BCUT2D eigenvalue weighted by Gasteiger charge is -2.32. The van der Waals surface area contributed by atoms with E-state index in [0.717, 1.165) is 76.9 Å². The second kappa shape index (κ2) is 8.09. The van der Waals surface area contributed by atoms with Gasteiger partial charge in [0.2, 0.25) is 6.41 Å². The Balaban J connectivity index is 1.35. The number of rotatable bonds is 3. The van der Waals surface area contributed by atoms with Gasteiger partial charge in [0.1, 0.15) is 18.2 Å². The number of likely N-dealkylation sites (tertiary alicyclic amines) is 1. The van der Waals surface area contributed by atoms with Crippen molar-refractivity contribution in [3.8, 4) is 28.1 Å². The summed E-state index contributed by atoms with van der Waals surface area (Å²) in [6.45, 7) is 7.19. The molecule has 1 aromatic heterocycles. The number of halogens is 1. The number of aromatic amines is 1. The van der Waals surface area contributed by atoms with Gasteiger partial charge in [-0.15, -0.1) is 0 Å². The second-order valence-electron chi connectivity index (χ2n) is 10.5. The van der Waals surface area contributed by atoms with Crippen LogP contribution in [0.15, 0.2) is 30.3 Å². The van der Waals surface area contributed by atoms with E-state index in [1.807, 2.05) is 37.8 Å². The Morgan fingerprint density at radius 1 is 1.18 bits per heavy atom. The van der Waals surface area contributed by atoms with Crippen LogP contribution >= 0.6 is 11.6 Å². The van der Waals surface area contributed by atoms with Gasteiger partial charge >= 0.3 is 0 Å². The molecule has 1 fully saturated rings. The summed E-state index contributed by atoms with van der Waals surface area (Å²) in [5.41, 5.74) is 7.54. The van der Waals surface area contributed by atoms with Crippen LogP contribution in [0.5, 0.6) is 5.75 Å². The zero-order valence-corrected chi connectivity index (χ0v) is 20.6. The van der Waals surface area contributed by atoms with Crippen molar-refractivity contribution in [2.45, 2.75) is 71.1 Å². The van der Waals surface area contributed by atoms with E-state index in [1.54, 1.807) is 0 Å². The molecule has 0 radical (unpaired) electrons. The number of imidazole rings is 1. The number of hydrogen-bond donors (Lipinski definition) is 2. The first-order valence-electron chi connectivity index (χ1n) is 12.1. The maximum Gasteiger partial charge on any atom is 0.217 e. The zero-order chi connectivity index (χ0) is 23.6. The summed E-state index contributed by atoms with van der Waals surface area (Å²) in [6.07, 6.45) is 2.78. The van der Waals surface area contributed by atoms with Gasteiger partial charge in [0, 0.05) is 34.0 Å². The van der Waals surface area contributed by atoms with E-state index in [0.29, 0.717) is 6.61 Å². The Kier molecular flexibility index (Phi) is 5.26. The third-order valence-electron chi connectivity index (χ3n) is 7.02. The number of hydrogen-bond acceptors (Lipinski definition) is 5. The Labute approximate surface area is 204 Å². The molecule has 7 heteroatoms. The fourth-order valence-corrected chi connectivity index (χ4v) is 5.74. The molecule has 3 aromatic rings. The largest absolute Gasteiger partial charge is 0.488 e. The van der Waals surface area contributed by atoms with E-state index in [4.69, 9.17) is 26.1 Å². The van der Waals surface area contributed by atoms with Crippen LogP contribution in [0.25, 0.3) is 22.4 Å². The lowest BCUT2D eigenvalue weighted by molar-refractivity contribution is -0.243. The highest BCUT2D eigenvalue weighted by Crippen LogP contribution is 2.47. The van der Waals surface area contributed by atoms with Crippen molar-refractivity contribution in [2.24, 2.45) is 0 Å². The number of fused-ring (bicyclic) bond motifs is 7. The molecule has 0 saturated carbocycles. The number of nitrogens with one attached hydrogen (secondary N) is 1. The molecule has 1 aliphatic carbocycles. The summed E-state index contributed by atoms with van der Waals surface area (Å²) in [6, 6.07) is 10.4. The molecule has 3 aliphatic rings. The Bertz CT molecular complexity index is 1260. The molecule has 2 atom stereocenters. The average molecular weight is 480 g/mol. The number of aryl methyl sites for hydroxylation is 1. The highest BCUT2D eigenvalue weighted by molar-refractivity contribution is 6.30. The molecule has 178 valence electrons. The van der Waals surface area contributed by atoms with Crippen LogP contribution in [0.2, 0.25) is 5.02 Å². The molecule has 0 amide bonds. The molecule has 2 aromatic carbocycles. The number of aliphatic hydroxyl groups excluding tert-OH is 1. The lowest BCUT2D eigenvalue weighted by Crippen LogP contribution is -2.41. The van der Waals surface area contributed by atoms with Crippen LogP contribution in [-0.4, -0.2) is 38.5 Å². The van der Waals surface area contributed by atoms with Gasteiger partial charge in [-0.25, -0.2) is 9.88 Å². The summed E-state index contributed by atoms with van der Waals surface area (Å²) in [4.78, 5) is 10.7. The van der Waals surface area contributed by atoms with Gasteiger partial charge in [-0.3, -0.25) is 0 Å². The topological polar surface area (TPSA) is 70.6 Å². The van der Waals surface area contributed by atoms with Gasteiger partial charge in [-0.05, 0) is 75.8 Å². The van der Waals surface area contributed by atoms with E-state index in [2.05, 4.69) is 23.2 Å². The SMILES string of the molecule is CC(C)(C)OC(O)N1CCC[C@H]1c1nc2c([nH]1)CCc1c-2ccc2c1OCc1cc(Cl)ccc1-2. The summed E-state index contributed by atoms with van der Waals surface area (Å²) in [5.74, 6) is 1.88. The summed E-state index contributed by atoms with van der Waals surface area (Å²) in [7, 11) is 0. The van der Waals surface area contributed by atoms with E-state index in [9.17, 15) is 5.11 Å². The van der Waals surface area contributed by atoms with Gasteiger partial charge < -0.3 is 19.6 Å². The number of nitrogens with zero attached hydrogens (tertiary/aromatic N) is 2. The van der Waals surface area contributed by atoms with Gasteiger partial charge in [-0.2, -0.15) is 0 Å². The normalized spacial score (nSPS) is 20.2. The standard InChI is InChI=1S/C27H30ClN3O3/c1-27(2,3)34-26(32)31-12-4-5-22(31)25-29-21-11-10-20-18(23(21)30-25)8-9-19-17-7-6-16(28)13-15(17)14-33-24(19)20/h6-9,13,22,26,32H,4-5,10-12,14H2,1-3H3,(H,29,30)/t22-,26?/m0/s1. The third kappa shape index (κ3) is 3.73. The Morgan fingerprint density at radius 3 is 2.79 bits per heavy atom. The molecule has 1 unspecified atom stereocenters. The monoisotopic (exact) mass is 479 g/mol. The maximum absolute atomic E-state index is 10.7. The summed E-state index contributed by atoms with van der Waals surface area (Å²) in [5, 5.41) is 11.5. The smallest absolute Gasteiger partial charge is 0.217 e. The van der Waals surface area contributed by atoms with Gasteiger partial charge in [0.15, 0.2) is 0 Å². The number of aromatic nitrogens is 2. The van der Waals surface area contributed by atoms with Crippen LogP contribution in [0.3, 0.4) is 0 Å². The third-order valence-corrected chi connectivity index (χ3v) is 7.25. The number of H-pyrrole nitrogens is 1. The molecule has 6 rings (SSSR count). The maximum atomic E-state index is 10.7. The first kappa shape index (κ1) is 22.1. The highest BCUT2D eigenvalue weighted by Gasteiger charge is 2.37. The Hall–Kier alpha value is -2.38. The van der Waals surface area contributed by atoms with Crippen LogP contribution < -0.4 is 4.74 Å². The van der Waals surface area contributed by atoms with Crippen molar-refractivity contribution in [2.75, 3.05) is 6.54 Å². The van der Waals surface area contributed by atoms with Gasteiger partial charge in [0.05, 0.1) is 17.3 Å². The average Bonchev–Trinajstić information content (AvgIpc) is 3.44. The fourth-order valence-electron chi connectivity index (χ4n) is 5.54. The van der Waals surface area contributed by atoms with Crippen molar-refractivity contribution in [3.05, 3.63) is 58.0 Å². The molecule has 0 bridgehead atoms. The minimum atomic E-state index is -0.948. The quantitative estimate of drug-likeness (QED) is 0.477. The Morgan fingerprint density at radius 2 is 1.97 bits per heavy atom. The van der Waals surface area contributed by atoms with E-state index >= 15 is 0 Å². The van der Waals surface area contributed by atoms with Crippen molar-refractivity contribution in [1.82, 2.24) is 14.9 Å². The minimum absolute atomic E-state index is 0.0110. The van der Waals surface area contributed by atoms with Crippen molar-refractivity contribution in [1.29, 1.82) is 0 Å². The van der Waals surface area contributed by atoms with Crippen LogP contribution in [0.4, 0.5) is 0 Å². The molecule has 2 aliphatic heterocycles. The zero-order valence-electron chi connectivity index (χ0n) is 19.8. The van der Waals surface area contributed by atoms with Gasteiger partial charge in [-0.1, -0.05) is 23.7 Å². The number of benzene rings is 2. The highest BCUT2D eigenvalue weighted by atomic mass is 35.5. The van der Waals surface area contributed by atoms with Crippen molar-refractivity contribution >= 4 is 11.6 Å². The first-order valence-corrected chi connectivity index (χ1v) is 12.4. The molecule has 6 nitrogen and oxygen atoms in total. The first-order chi connectivity index (χ1) is 16.3. The second-order valence-corrected chi connectivity index (χ2v) is 10.9. The van der Waals surface area contributed by atoms with E-state index in [1.165, 1.54) is 11.1 Å². The summed E-state index contributed by atoms with van der Waals surface area (Å²) < 4.78 is 12.1. The lowest BCUT2D eigenvalue weighted by atomic mass is 9.86. The molecular weight excluding hydrogens is 450 g/mol. The van der Waals surface area contributed by atoms with Crippen molar-refractivity contribution < 1.29 is 14.6 Å². The van der Waals surface area contributed by atoms with E-state index < -0.39 is 12.0 Å². The number of aliphatic hydroxyl groups is 1. The van der Waals surface area contributed by atoms with Gasteiger partial charge in [0.25, 0.3) is 0 Å². The fraction of sp³-hybridized carbons (Fsp3) is 0.444. The molecule has 3 heterocycles. The van der Waals surface area contributed by atoms with Crippen LogP contribution in [0, 0.1) is 0 Å². The molecule has 1 saturated heterocycles. The van der Waals surface area contributed by atoms with E-state index in [-0.39, 0.29) is 6.04 Å². The predicted molar refractivity (Wildman–Crippen MR) is 132 cm³/mol. The molecule has 34 heavy (non-hydrogen) atoms. The molecular formula is C27H30ClN3O3. The molecule has 2 N–H and O–H groups in total. The minimum Gasteiger partial charge on any atom is -0.488 e.